The van der Waals surface area contributed by atoms with Gasteiger partial charge in [0, 0.05) is 25.9 Å². The van der Waals surface area contributed by atoms with Crippen LogP contribution in [0.25, 0.3) is 0 Å². The first kappa shape index (κ1) is 14.9. The zero-order valence-electron chi connectivity index (χ0n) is 11.5. The number of carbonyl (C=O) groups excluding carboxylic acids is 1. The monoisotopic (exact) mass is 266 g/mol. The van der Waals surface area contributed by atoms with Crippen LogP contribution >= 0.6 is 0 Å². The van der Waals surface area contributed by atoms with Gasteiger partial charge in [-0.1, -0.05) is 0 Å². The SMILES string of the molecule is CCN(C)C(=O)C(C)Nc1ncc(C)cc1[N+](=O)[O-]. The van der Waals surface area contributed by atoms with Crippen molar-refractivity contribution in [3.63, 3.8) is 0 Å². The van der Waals surface area contributed by atoms with Gasteiger partial charge in [0.25, 0.3) is 0 Å². The molecular formula is C12H18N4O3. The van der Waals surface area contributed by atoms with E-state index < -0.39 is 11.0 Å². The third-order valence-corrected chi connectivity index (χ3v) is 2.78. The van der Waals surface area contributed by atoms with E-state index >= 15 is 0 Å². The topological polar surface area (TPSA) is 88.4 Å². The van der Waals surface area contributed by atoms with E-state index in [1.165, 1.54) is 17.2 Å². The van der Waals surface area contributed by atoms with Gasteiger partial charge in [-0.25, -0.2) is 4.98 Å². The molecule has 0 saturated carbocycles. The molecular weight excluding hydrogens is 248 g/mol. The first-order chi connectivity index (χ1) is 8.86. The summed E-state index contributed by atoms with van der Waals surface area (Å²) in [4.78, 5) is 27.8. The van der Waals surface area contributed by atoms with Crippen molar-refractivity contribution in [3.8, 4) is 0 Å². The molecule has 0 aliphatic heterocycles. The molecule has 1 atom stereocenters. The first-order valence-corrected chi connectivity index (χ1v) is 5.99. The molecule has 7 nitrogen and oxygen atoms in total. The number of aryl methyl sites for hydroxylation is 1. The second-order valence-corrected chi connectivity index (χ2v) is 4.36. The van der Waals surface area contributed by atoms with E-state index in [-0.39, 0.29) is 17.4 Å². The summed E-state index contributed by atoms with van der Waals surface area (Å²) in [7, 11) is 1.68. The summed E-state index contributed by atoms with van der Waals surface area (Å²) in [6.45, 7) is 5.81. The van der Waals surface area contributed by atoms with E-state index in [0.717, 1.165) is 0 Å². The molecule has 19 heavy (non-hydrogen) atoms. The number of likely N-dealkylation sites (N-methyl/N-ethyl adjacent to an activating group) is 1. The Balaban J connectivity index is 2.93. The van der Waals surface area contributed by atoms with Crippen molar-refractivity contribution in [2.24, 2.45) is 0 Å². The number of nitrogens with one attached hydrogen (secondary N) is 1. The summed E-state index contributed by atoms with van der Waals surface area (Å²) in [5.74, 6) is -0.0277. The lowest BCUT2D eigenvalue weighted by molar-refractivity contribution is -0.384. The molecule has 0 radical (unpaired) electrons. The van der Waals surface area contributed by atoms with Crippen molar-refractivity contribution in [2.75, 3.05) is 18.9 Å². The molecule has 0 spiro atoms. The number of aromatic nitrogens is 1. The molecule has 0 fully saturated rings. The van der Waals surface area contributed by atoms with Crippen molar-refractivity contribution >= 4 is 17.4 Å². The van der Waals surface area contributed by atoms with Gasteiger partial charge in [0.15, 0.2) is 0 Å². The molecule has 1 unspecified atom stereocenters. The van der Waals surface area contributed by atoms with Crippen molar-refractivity contribution in [3.05, 3.63) is 27.9 Å². The molecule has 0 aromatic carbocycles. The summed E-state index contributed by atoms with van der Waals surface area (Å²) in [6.07, 6.45) is 1.52. The number of anilines is 1. The van der Waals surface area contributed by atoms with E-state index in [2.05, 4.69) is 10.3 Å². The Labute approximate surface area is 111 Å². The fraction of sp³-hybridized carbons (Fsp3) is 0.500. The van der Waals surface area contributed by atoms with E-state index in [4.69, 9.17) is 0 Å². The van der Waals surface area contributed by atoms with Crippen LogP contribution in [0.1, 0.15) is 19.4 Å². The Morgan fingerprint density at radius 1 is 1.63 bits per heavy atom. The van der Waals surface area contributed by atoms with Gasteiger partial charge < -0.3 is 10.2 Å². The molecule has 1 heterocycles. The van der Waals surface area contributed by atoms with Crippen LogP contribution < -0.4 is 5.32 Å². The predicted octanol–water partition coefficient (Wildman–Crippen LogP) is 1.58. The van der Waals surface area contributed by atoms with Crippen LogP contribution in [0, 0.1) is 17.0 Å². The molecule has 1 aromatic heterocycles. The summed E-state index contributed by atoms with van der Waals surface area (Å²) in [5.41, 5.74) is 0.570. The third-order valence-electron chi connectivity index (χ3n) is 2.78. The van der Waals surface area contributed by atoms with Gasteiger partial charge in [-0.2, -0.15) is 0 Å². The quantitative estimate of drug-likeness (QED) is 0.645. The minimum atomic E-state index is -0.571. The van der Waals surface area contributed by atoms with Crippen molar-refractivity contribution < 1.29 is 9.72 Å². The minimum Gasteiger partial charge on any atom is -0.353 e. The van der Waals surface area contributed by atoms with Crippen molar-refractivity contribution in [1.29, 1.82) is 0 Å². The summed E-state index contributed by atoms with van der Waals surface area (Å²) in [5, 5.41) is 13.7. The van der Waals surface area contributed by atoms with Crippen LogP contribution in [0.5, 0.6) is 0 Å². The largest absolute Gasteiger partial charge is 0.353 e. The summed E-state index contributed by atoms with van der Waals surface area (Å²) >= 11 is 0. The van der Waals surface area contributed by atoms with E-state index in [0.29, 0.717) is 12.1 Å². The number of rotatable bonds is 5. The number of carbonyl (C=O) groups is 1. The Hall–Kier alpha value is -2.18. The molecule has 1 aromatic rings. The molecule has 7 heteroatoms. The smallest absolute Gasteiger partial charge is 0.311 e. The number of nitrogens with zero attached hydrogens (tertiary/aromatic N) is 3. The third kappa shape index (κ3) is 3.64. The van der Waals surface area contributed by atoms with Gasteiger partial charge in [0.1, 0.15) is 6.04 Å². The number of amides is 1. The highest BCUT2D eigenvalue weighted by molar-refractivity contribution is 5.84. The summed E-state index contributed by atoms with van der Waals surface area (Å²) < 4.78 is 0. The lowest BCUT2D eigenvalue weighted by Gasteiger charge is -2.20. The second-order valence-electron chi connectivity index (χ2n) is 4.36. The van der Waals surface area contributed by atoms with Gasteiger partial charge in [-0.3, -0.25) is 14.9 Å². The summed E-state index contributed by atoms with van der Waals surface area (Å²) in [6, 6.07) is 0.856. The number of hydrogen-bond acceptors (Lipinski definition) is 5. The highest BCUT2D eigenvalue weighted by Crippen LogP contribution is 2.23. The fourth-order valence-electron chi connectivity index (χ4n) is 1.56. The minimum absolute atomic E-state index is 0.112. The van der Waals surface area contributed by atoms with E-state index in [1.54, 1.807) is 20.9 Å². The Kier molecular flexibility index (Phi) is 4.80. The number of nitro groups is 1. The normalized spacial score (nSPS) is 11.8. The Morgan fingerprint density at radius 2 is 2.26 bits per heavy atom. The van der Waals surface area contributed by atoms with Gasteiger partial charge >= 0.3 is 5.69 Å². The standard InChI is InChI=1S/C12H18N4O3/c1-5-15(4)12(17)9(3)14-11-10(16(18)19)6-8(2)7-13-11/h6-7,9H,5H2,1-4H3,(H,13,14). The molecule has 104 valence electrons. The van der Waals surface area contributed by atoms with Crippen LogP contribution in [-0.2, 0) is 4.79 Å². The lowest BCUT2D eigenvalue weighted by Crippen LogP contribution is -2.39. The zero-order valence-corrected chi connectivity index (χ0v) is 11.5. The van der Waals surface area contributed by atoms with Crippen LogP contribution in [0.2, 0.25) is 0 Å². The molecule has 0 saturated heterocycles. The van der Waals surface area contributed by atoms with Crippen LogP contribution in [0.3, 0.4) is 0 Å². The average Bonchev–Trinajstić information content (AvgIpc) is 2.38. The molecule has 1 N–H and O–H groups in total. The van der Waals surface area contributed by atoms with Crippen molar-refractivity contribution in [1.82, 2.24) is 9.88 Å². The van der Waals surface area contributed by atoms with Gasteiger partial charge in [-0.05, 0) is 26.3 Å². The van der Waals surface area contributed by atoms with Crippen LogP contribution in [0.15, 0.2) is 12.3 Å². The molecule has 1 amide bonds. The maximum atomic E-state index is 11.9. The highest BCUT2D eigenvalue weighted by atomic mass is 16.6. The molecule has 0 aliphatic carbocycles. The first-order valence-electron chi connectivity index (χ1n) is 5.99. The molecule has 0 aliphatic rings. The van der Waals surface area contributed by atoms with Crippen LogP contribution in [0.4, 0.5) is 11.5 Å². The van der Waals surface area contributed by atoms with Crippen molar-refractivity contribution in [2.45, 2.75) is 26.8 Å². The number of hydrogen-bond donors (Lipinski definition) is 1. The highest BCUT2D eigenvalue weighted by Gasteiger charge is 2.21. The predicted molar refractivity (Wildman–Crippen MR) is 72.0 cm³/mol. The average molecular weight is 266 g/mol. The fourth-order valence-corrected chi connectivity index (χ4v) is 1.56. The molecule has 0 bridgehead atoms. The van der Waals surface area contributed by atoms with Crippen LogP contribution in [-0.4, -0.2) is 40.3 Å². The lowest BCUT2D eigenvalue weighted by atomic mass is 10.2. The van der Waals surface area contributed by atoms with Gasteiger partial charge in [0.05, 0.1) is 4.92 Å². The maximum Gasteiger partial charge on any atom is 0.311 e. The Morgan fingerprint density at radius 3 is 2.79 bits per heavy atom. The van der Waals surface area contributed by atoms with Gasteiger partial charge in [-0.15, -0.1) is 0 Å². The van der Waals surface area contributed by atoms with E-state index in [9.17, 15) is 14.9 Å². The Bertz CT molecular complexity index is 490. The van der Waals surface area contributed by atoms with E-state index in [1.807, 2.05) is 6.92 Å². The van der Waals surface area contributed by atoms with Gasteiger partial charge in [0.2, 0.25) is 11.7 Å². The number of pyridine rings is 1. The zero-order chi connectivity index (χ0) is 14.6. The maximum absolute atomic E-state index is 11.9. The second kappa shape index (κ2) is 6.12. The molecule has 1 rings (SSSR count).